The molecule has 0 bridgehead atoms. The van der Waals surface area contributed by atoms with E-state index in [1.54, 1.807) is 0 Å². The number of hydrogen-bond acceptors (Lipinski definition) is 5. The molecule has 33 heavy (non-hydrogen) atoms. The lowest BCUT2D eigenvalue weighted by Gasteiger charge is -2.40. The quantitative estimate of drug-likeness (QED) is 0.292. The summed E-state index contributed by atoms with van der Waals surface area (Å²) in [5.41, 5.74) is 1.62. The summed E-state index contributed by atoms with van der Waals surface area (Å²) in [7, 11) is -1.54. The van der Waals surface area contributed by atoms with Crippen LogP contribution in [0.15, 0.2) is 60.7 Å². The fourth-order valence-electron chi connectivity index (χ4n) is 4.47. The van der Waals surface area contributed by atoms with Crippen LogP contribution in [0.5, 0.6) is 0 Å². The largest absolute Gasteiger partial charge is 0.300 e. The van der Waals surface area contributed by atoms with Crippen LogP contribution in [0.25, 0.3) is 0 Å². The molecular weight excluding hydrogens is 458 g/mol. The van der Waals surface area contributed by atoms with Gasteiger partial charge in [-0.2, -0.15) is 8.42 Å². The molecule has 3 rings (SSSR count). The van der Waals surface area contributed by atoms with Gasteiger partial charge in [-0.25, -0.2) is 0 Å². The Kier molecular flexibility index (Phi) is 11.0. The zero-order chi connectivity index (χ0) is 23.0. The number of nitrogens with zero attached hydrogens (tertiary/aromatic N) is 1. The van der Waals surface area contributed by atoms with Gasteiger partial charge in [0.25, 0.3) is 10.1 Å². The SMILES string of the molecule is CCCCS(=O)(=O)O[C@@H](C[C@@H]1CCC[C@H](CC(=O)c2ccccc2)N1C)c1ccccc1.Cl. The highest BCUT2D eigenvalue weighted by molar-refractivity contribution is 7.86. The second-order valence-corrected chi connectivity index (χ2v) is 10.5. The van der Waals surface area contributed by atoms with Gasteiger partial charge in [0.1, 0.15) is 6.10 Å². The number of Topliss-reactive ketones (excluding diaryl/α,β-unsaturated/α-hetero) is 1. The summed E-state index contributed by atoms with van der Waals surface area (Å²) >= 11 is 0. The van der Waals surface area contributed by atoms with Crippen LogP contribution in [0.3, 0.4) is 0 Å². The van der Waals surface area contributed by atoms with E-state index >= 15 is 0 Å². The minimum absolute atomic E-state index is 0. The molecule has 0 saturated carbocycles. The van der Waals surface area contributed by atoms with Gasteiger partial charge in [0, 0.05) is 24.1 Å². The fraction of sp³-hybridized carbons (Fsp3) is 0.500. The van der Waals surface area contributed by atoms with Crippen LogP contribution in [0.1, 0.15) is 73.9 Å². The smallest absolute Gasteiger partial charge is 0.267 e. The summed E-state index contributed by atoms with van der Waals surface area (Å²) in [6, 6.07) is 19.3. The molecule has 1 aliphatic heterocycles. The van der Waals surface area contributed by atoms with Crippen molar-refractivity contribution >= 4 is 28.3 Å². The molecule has 1 heterocycles. The maximum absolute atomic E-state index is 12.8. The van der Waals surface area contributed by atoms with Crippen molar-refractivity contribution in [3.8, 4) is 0 Å². The van der Waals surface area contributed by atoms with Gasteiger partial charge in [0.05, 0.1) is 5.75 Å². The maximum atomic E-state index is 12.8. The van der Waals surface area contributed by atoms with Crippen LogP contribution in [0, 0.1) is 0 Å². The molecule has 1 saturated heterocycles. The Morgan fingerprint density at radius 2 is 1.64 bits per heavy atom. The average Bonchev–Trinajstić information content (AvgIpc) is 2.81. The lowest BCUT2D eigenvalue weighted by molar-refractivity contribution is 0.0626. The third-order valence-corrected chi connectivity index (χ3v) is 7.73. The predicted octanol–water partition coefficient (Wildman–Crippen LogP) is 5.81. The van der Waals surface area contributed by atoms with Crippen molar-refractivity contribution in [2.24, 2.45) is 0 Å². The summed E-state index contributed by atoms with van der Waals surface area (Å²) in [6.07, 6.45) is 4.90. The van der Waals surface area contributed by atoms with Crippen molar-refractivity contribution in [1.82, 2.24) is 4.90 Å². The van der Waals surface area contributed by atoms with Gasteiger partial charge in [0.15, 0.2) is 5.78 Å². The third-order valence-electron chi connectivity index (χ3n) is 6.41. The number of piperidine rings is 1. The van der Waals surface area contributed by atoms with E-state index in [4.69, 9.17) is 4.18 Å². The molecule has 0 spiro atoms. The van der Waals surface area contributed by atoms with E-state index in [0.717, 1.165) is 36.8 Å². The lowest BCUT2D eigenvalue weighted by Crippen LogP contribution is -2.45. The molecule has 0 amide bonds. The number of halogens is 1. The number of carbonyl (C=O) groups excluding carboxylic acids is 1. The van der Waals surface area contributed by atoms with Crippen LogP contribution in [0.4, 0.5) is 0 Å². The second kappa shape index (κ2) is 13.2. The summed E-state index contributed by atoms with van der Waals surface area (Å²) in [4.78, 5) is 15.0. The second-order valence-electron chi connectivity index (χ2n) is 8.74. The summed E-state index contributed by atoms with van der Waals surface area (Å²) in [5.74, 6) is 0.197. The molecule has 0 N–H and O–H groups in total. The van der Waals surface area contributed by atoms with Crippen molar-refractivity contribution < 1.29 is 17.4 Å². The van der Waals surface area contributed by atoms with Crippen LogP contribution in [-0.4, -0.2) is 44.0 Å². The Labute approximate surface area is 205 Å². The molecule has 3 atom stereocenters. The zero-order valence-electron chi connectivity index (χ0n) is 19.6. The van der Waals surface area contributed by atoms with Crippen molar-refractivity contribution in [3.63, 3.8) is 0 Å². The molecule has 1 aliphatic rings. The molecule has 5 nitrogen and oxygen atoms in total. The molecule has 0 aliphatic carbocycles. The Morgan fingerprint density at radius 1 is 1.03 bits per heavy atom. The normalized spacial score (nSPS) is 20.1. The minimum Gasteiger partial charge on any atom is -0.300 e. The Morgan fingerprint density at radius 3 is 2.27 bits per heavy atom. The first-order valence-corrected chi connectivity index (χ1v) is 13.2. The zero-order valence-corrected chi connectivity index (χ0v) is 21.2. The topological polar surface area (TPSA) is 63.7 Å². The van der Waals surface area contributed by atoms with E-state index in [1.807, 2.05) is 67.6 Å². The number of unbranched alkanes of at least 4 members (excludes halogenated alkanes) is 1. The Hall–Kier alpha value is -1.73. The monoisotopic (exact) mass is 493 g/mol. The molecule has 182 valence electrons. The van der Waals surface area contributed by atoms with E-state index in [1.165, 1.54) is 0 Å². The summed E-state index contributed by atoms with van der Waals surface area (Å²) in [6.45, 7) is 1.97. The first kappa shape index (κ1) is 27.5. The van der Waals surface area contributed by atoms with Gasteiger partial charge in [-0.15, -0.1) is 12.4 Å². The van der Waals surface area contributed by atoms with Gasteiger partial charge >= 0.3 is 0 Å². The molecule has 2 aromatic rings. The van der Waals surface area contributed by atoms with Crippen LogP contribution in [0.2, 0.25) is 0 Å². The van der Waals surface area contributed by atoms with Gasteiger partial charge in [-0.1, -0.05) is 80.4 Å². The predicted molar refractivity (Wildman–Crippen MR) is 135 cm³/mol. The molecule has 2 aromatic carbocycles. The third kappa shape index (κ3) is 8.21. The molecular formula is C26H36ClNO4S. The van der Waals surface area contributed by atoms with Crippen LogP contribution in [-0.2, 0) is 14.3 Å². The highest BCUT2D eigenvalue weighted by Gasteiger charge is 2.33. The van der Waals surface area contributed by atoms with Gasteiger partial charge in [-0.05, 0) is 38.3 Å². The first-order valence-electron chi connectivity index (χ1n) is 11.7. The molecule has 0 aromatic heterocycles. The highest BCUT2D eigenvalue weighted by Crippen LogP contribution is 2.33. The number of rotatable bonds is 11. The maximum Gasteiger partial charge on any atom is 0.267 e. The van der Waals surface area contributed by atoms with Crippen molar-refractivity contribution in [2.75, 3.05) is 12.8 Å². The Bertz CT molecular complexity index is 953. The number of benzene rings is 2. The summed E-state index contributed by atoms with van der Waals surface area (Å²) in [5, 5.41) is 0. The van der Waals surface area contributed by atoms with E-state index in [2.05, 4.69) is 11.9 Å². The molecule has 0 radical (unpaired) electrons. The fourth-order valence-corrected chi connectivity index (χ4v) is 5.75. The number of hydrogen-bond donors (Lipinski definition) is 0. The number of likely N-dealkylation sites (tertiary alicyclic amines) is 1. The number of ketones is 1. The van der Waals surface area contributed by atoms with Gasteiger partial charge in [-0.3, -0.25) is 13.9 Å². The molecule has 1 fully saturated rings. The lowest BCUT2D eigenvalue weighted by atomic mass is 9.88. The van der Waals surface area contributed by atoms with Crippen molar-refractivity contribution in [1.29, 1.82) is 0 Å². The first-order chi connectivity index (χ1) is 15.4. The van der Waals surface area contributed by atoms with E-state index in [-0.39, 0.29) is 36.0 Å². The Balaban J connectivity index is 0.00000385. The van der Waals surface area contributed by atoms with Crippen molar-refractivity contribution in [2.45, 2.75) is 70.1 Å². The van der Waals surface area contributed by atoms with Gasteiger partial charge in [0.2, 0.25) is 0 Å². The molecule has 7 heteroatoms. The van der Waals surface area contributed by atoms with E-state index < -0.39 is 16.2 Å². The highest BCUT2D eigenvalue weighted by atomic mass is 35.5. The standard InChI is InChI=1S/C26H35NO4S.ClH/c1-3-4-18-32(29,30)31-26(22-14-9-6-10-15-22)20-24-17-11-16-23(27(24)2)19-25(28)21-12-7-5-8-13-21;/h5-10,12-15,23-24,26H,3-4,11,16-20H2,1-2H3;1H/t23-,24+,26+;/m1./s1. The average molecular weight is 494 g/mol. The van der Waals surface area contributed by atoms with Crippen LogP contribution >= 0.6 is 12.4 Å². The van der Waals surface area contributed by atoms with Crippen LogP contribution < -0.4 is 0 Å². The molecule has 0 unspecified atom stereocenters. The van der Waals surface area contributed by atoms with E-state index in [0.29, 0.717) is 19.3 Å². The summed E-state index contributed by atoms with van der Waals surface area (Å²) < 4.78 is 30.9. The number of carbonyl (C=O) groups is 1. The van der Waals surface area contributed by atoms with E-state index in [9.17, 15) is 13.2 Å². The minimum atomic E-state index is -3.60. The van der Waals surface area contributed by atoms with Crippen molar-refractivity contribution in [3.05, 3.63) is 71.8 Å². The van der Waals surface area contributed by atoms with Gasteiger partial charge < -0.3 is 0 Å².